The van der Waals surface area contributed by atoms with Gasteiger partial charge in [-0.25, -0.2) is 0 Å². The Morgan fingerprint density at radius 1 is 0.960 bits per heavy atom. The number of hydrogen-bond acceptors (Lipinski definition) is 2. The van der Waals surface area contributed by atoms with E-state index in [1.54, 1.807) is 0 Å². The predicted molar refractivity (Wildman–Crippen MR) is 101 cm³/mol. The van der Waals surface area contributed by atoms with Crippen molar-refractivity contribution in [3.63, 3.8) is 0 Å². The van der Waals surface area contributed by atoms with E-state index in [0.29, 0.717) is 18.0 Å². The zero-order valence-corrected chi connectivity index (χ0v) is 14.5. The number of benzene rings is 2. The molecule has 0 saturated carbocycles. The number of aryl methyl sites for hydroxylation is 1. The molecule has 3 atom stereocenters. The van der Waals surface area contributed by atoms with Crippen LogP contribution in [0.4, 0.5) is 0 Å². The first-order chi connectivity index (χ1) is 12.3. The lowest BCUT2D eigenvalue weighted by molar-refractivity contribution is 0.222. The van der Waals surface area contributed by atoms with Crippen molar-refractivity contribution in [2.75, 3.05) is 0 Å². The standard InChI is InChI=1S/C23H24N2/c24-17-23-16-20(19-9-5-2-6-10-19)15-22-14-13-21(25(22)23)12-11-18-7-3-1-4-8-18/h1-10,16,20-22H,11-15H2/t20-,21-,22+/m1/s1. The Bertz CT molecular complexity index is 773. The molecule has 0 radical (unpaired) electrons. The second-order valence-corrected chi connectivity index (χ2v) is 7.23. The average molecular weight is 328 g/mol. The summed E-state index contributed by atoms with van der Waals surface area (Å²) < 4.78 is 0. The molecule has 0 N–H and O–H groups in total. The van der Waals surface area contributed by atoms with Crippen LogP contribution in [0.3, 0.4) is 0 Å². The Morgan fingerprint density at radius 3 is 2.40 bits per heavy atom. The number of nitriles is 1. The first-order valence-electron chi connectivity index (χ1n) is 9.34. The molecular weight excluding hydrogens is 304 g/mol. The summed E-state index contributed by atoms with van der Waals surface area (Å²) in [6.45, 7) is 0. The molecule has 0 aromatic heterocycles. The van der Waals surface area contributed by atoms with Crippen LogP contribution in [-0.2, 0) is 6.42 Å². The Labute approximate surface area is 150 Å². The summed E-state index contributed by atoms with van der Waals surface area (Å²) >= 11 is 0. The van der Waals surface area contributed by atoms with Gasteiger partial charge in [-0.05, 0) is 49.3 Å². The molecule has 25 heavy (non-hydrogen) atoms. The monoisotopic (exact) mass is 328 g/mol. The molecule has 2 aliphatic rings. The summed E-state index contributed by atoms with van der Waals surface area (Å²) in [6, 6.07) is 24.8. The van der Waals surface area contributed by atoms with Gasteiger partial charge in [0.2, 0.25) is 0 Å². The Morgan fingerprint density at radius 2 is 1.68 bits per heavy atom. The van der Waals surface area contributed by atoms with Crippen molar-refractivity contribution in [2.24, 2.45) is 0 Å². The fourth-order valence-corrected chi connectivity index (χ4v) is 4.51. The van der Waals surface area contributed by atoms with E-state index in [2.05, 4.69) is 77.7 Å². The molecule has 2 aromatic carbocycles. The fourth-order valence-electron chi connectivity index (χ4n) is 4.51. The summed E-state index contributed by atoms with van der Waals surface area (Å²) in [5, 5.41) is 9.75. The molecule has 2 heteroatoms. The SMILES string of the molecule is N#CC1=C[C@H](c2ccccc2)C[C@@H]2CC[C@@H](CCc3ccccc3)N12. The van der Waals surface area contributed by atoms with Crippen LogP contribution in [0.1, 0.15) is 42.7 Å². The highest BCUT2D eigenvalue weighted by atomic mass is 15.2. The number of allylic oxidation sites excluding steroid dienone is 2. The van der Waals surface area contributed by atoms with Crippen LogP contribution in [0.25, 0.3) is 0 Å². The summed E-state index contributed by atoms with van der Waals surface area (Å²) in [6.07, 6.45) is 7.98. The molecule has 0 aliphatic carbocycles. The lowest BCUT2D eigenvalue weighted by Crippen LogP contribution is -2.39. The first kappa shape index (κ1) is 16.0. The normalized spacial score (nSPS) is 25.2. The number of fused-ring (bicyclic) bond motifs is 1. The minimum atomic E-state index is 0.380. The summed E-state index contributed by atoms with van der Waals surface area (Å²) in [7, 11) is 0. The Hall–Kier alpha value is -2.53. The lowest BCUT2D eigenvalue weighted by atomic mass is 9.87. The third-order valence-electron chi connectivity index (χ3n) is 5.73. The Balaban J connectivity index is 1.51. The van der Waals surface area contributed by atoms with Gasteiger partial charge in [0.1, 0.15) is 11.8 Å². The molecule has 0 amide bonds. The van der Waals surface area contributed by atoms with Gasteiger partial charge in [0.15, 0.2) is 0 Å². The van der Waals surface area contributed by atoms with Crippen LogP contribution in [0.2, 0.25) is 0 Å². The first-order valence-corrected chi connectivity index (χ1v) is 9.34. The van der Waals surface area contributed by atoms with Crippen LogP contribution in [0, 0.1) is 11.3 Å². The van der Waals surface area contributed by atoms with E-state index in [1.165, 1.54) is 24.0 Å². The Kier molecular flexibility index (Phi) is 4.57. The zero-order valence-electron chi connectivity index (χ0n) is 14.5. The molecule has 0 bridgehead atoms. The molecular formula is C23H24N2. The minimum Gasteiger partial charge on any atom is -0.357 e. The average Bonchev–Trinajstić information content (AvgIpc) is 3.10. The molecule has 2 nitrogen and oxygen atoms in total. The van der Waals surface area contributed by atoms with Crippen LogP contribution >= 0.6 is 0 Å². The maximum absolute atomic E-state index is 9.75. The van der Waals surface area contributed by atoms with Crippen LogP contribution in [-0.4, -0.2) is 17.0 Å². The van der Waals surface area contributed by atoms with Gasteiger partial charge < -0.3 is 4.90 Å². The van der Waals surface area contributed by atoms with Gasteiger partial charge in [0.05, 0.1) is 0 Å². The minimum absolute atomic E-state index is 0.380. The molecule has 1 fully saturated rings. The topological polar surface area (TPSA) is 27.0 Å². The highest BCUT2D eigenvalue weighted by molar-refractivity contribution is 5.34. The molecule has 2 aliphatic heterocycles. The van der Waals surface area contributed by atoms with Gasteiger partial charge >= 0.3 is 0 Å². The molecule has 0 unspecified atom stereocenters. The van der Waals surface area contributed by atoms with E-state index >= 15 is 0 Å². The molecule has 1 saturated heterocycles. The van der Waals surface area contributed by atoms with Crippen LogP contribution in [0.5, 0.6) is 0 Å². The smallest absolute Gasteiger partial charge is 0.117 e. The van der Waals surface area contributed by atoms with Crippen LogP contribution < -0.4 is 0 Å². The van der Waals surface area contributed by atoms with Crippen LogP contribution in [0.15, 0.2) is 72.4 Å². The van der Waals surface area contributed by atoms with E-state index in [9.17, 15) is 5.26 Å². The molecule has 126 valence electrons. The fraction of sp³-hybridized carbons (Fsp3) is 0.348. The van der Waals surface area contributed by atoms with Crippen molar-refractivity contribution in [3.05, 3.63) is 83.6 Å². The van der Waals surface area contributed by atoms with E-state index in [1.807, 2.05) is 0 Å². The lowest BCUT2D eigenvalue weighted by Gasteiger charge is -2.37. The quantitative estimate of drug-likeness (QED) is 0.785. The van der Waals surface area contributed by atoms with E-state index < -0.39 is 0 Å². The van der Waals surface area contributed by atoms with Gasteiger partial charge in [-0.1, -0.05) is 60.7 Å². The number of hydrogen-bond donors (Lipinski definition) is 0. The zero-order chi connectivity index (χ0) is 17.1. The van der Waals surface area contributed by atoms with E-state index in [0.717, 1.165) is 25.0 Å². The van der Waals surface area contributed by atoms with Crippen molar-refractivity contribution in [3.8, 4) is 6.07 Å². The number of rotatable bonds is 4. The highest BCUT2D eigenvalue weighted by Gasteiger charge is 2.38. The van der Waals surface area contributed by atoms with E-state index in [-0.39, 0.29) is 0 Å². The highest BCUT2D eigenvalue weighted by Crippen LogP contribution is 2.41. The van der Waals surface area contributed by atoms with Gasteiger partial charge in [-0.3, -0.25) is 0 Å². The predicted octanol–water partition coefficient (Wildman–Crippen LogP) is 5.05. The number of nitrogens with zero attached hydrogens (tertiary/aromatic N) is 2. The van der Waals surface area contributed by atoms with Crippen molar-refractivity contribution in [1.82, 2.24) is 4.90 Å². The third-order valence-corrected chi connectivity index (χ3v) is 5.73. The summed E-state index contributed by atoms with van der Waals surface area (Å²) in [5.74, 6) is 0.380. The van der Waals surface area contributed by atoms with Crippen molar-refractivity contribution in [2.45, 2.75) is 50.1 Å². The largest absolute Gasteiger partial charge is 0.357 e. The maximum Gasteiger partial charge on any atom is 0.117 e. The summed E-state index contributed by atoms with van der Waals surface area (Å²) in [4.78, 5) is 2.43. The van der Waals surface area contributed by atoms with E-state index in [4.69, 9.17) is 0 Å². The second kappa shape index (κ2) is 7.15. The second-order valence-electron chi connectivity index (χ2n) is 7.23. The van der Waals surface area contributed by atoms with Crippen molar-refractivity contribution < 1.29 is 0 Å². The van der Waals surface area contributed by atoms with Gasteiger partial charge in [0, 0.05) is 18.0 Å². The van der Waals surface area contributed by atoms with Gasteiger partial charge in [-0.2, -0.15) is 5.26 Å². The van der Waals surface area contributed by atoms with Crippen molar-refractivity contribution in [1.29, 1.82) is 5.26 Å². The van der Waals surface area contributed by atoms with Gasteiger partial charge in [-0.15, -0.1) is 0 Å². The molecule has 2 aromatic rings. The van der Waals surface area contributed by atoms with Gasteiger partial charge in [0.25, 0.3) is 0 Å². The molecule has 4 rings (SSSR count). The molecule has 0 spiro atoms. The maximum atomic E-state index is 9.75. The molecule has 2 heterocycles. The van der Waals surface area contributed by atoms with Crippen molar-refractivity contribution >= 4 is 0 Å². The third kappa shape index (κ3) is 3.33. The summed E-state index contributed by atoms with van der Waals surface area (Å²) in [5.41, 5.74) is 3.62.